The molecule has 31 heavy (non-hydrogen) atoms. The number of carbonyl (C=O) groups is 1. The fraction of sp³-hybridized carbons (Fsp3) is 0.160. The van der Waals surface area contributed by atoms with Crippen molar-refractivity contribution >= 4 is 16.9 Å². The van der Waals surface area contributed by atoms with E-state index in [4.69, 9.17) is 0 Å². The van der Waals surface area contributed by atoms with Gasteiger partial charge in [-0.3, -0.25) is 4.79 Å². The molecule has 0 aliphatic rings. The molecule has 0 spiro atoms. The monoisotopic (exact) mass is 423 g/mol. The van der Waals surface area contributed by atoms with Crippen LogP contribution < -0.4 is 0 Å². The van der Waals surface area contributed by atoms with Gasteiger partial charge in [0.1, 0.15) is 6.54 Å². The second-order valence-electron chi connectivity index (χ2n) is 7.55. The van der Waals surface area contributed by atoms with Gasteiger partial charge < -0.3 is 9.67 Å². The number of halogens is 3. The van der Waals surface area contributed by atoms with Gasteiger partial charge in [0, 0.05) is 23.0 Å². The maximum atomic E-state index is 13.2. The van der Waals surface area contributed by atoms with Gasteiger partial charge in [0.05, 0.1) is 5.56 Å². The van der Waals surface area contributed by atoms with Crippen molar-refractivity contribution in [3.05, 3.63) is 95.7 Å². The second-order valence-corrected chi connectivity index (χ2v) is 7.55. The molecule has 3 nitrogen and oxygen atoms in total. The third-order valence-electron chi connectivity index (χ3n) is 5.51. The van der Waals surface area contributed by atoms with Gasteiger partial charge in [-0.25, -0.2) is 0 Å². The molecule has 0 radical (unpaired) electrons. The van der Waals surface area contributed by atoms with Crippen molar-refractivity contribution in [1.29, 1.82) is 0 Å². The third kappa shape index (κ3) is 4.19. The van der Waals surface area contributed by atoms with Crippen LogP contribution in [0.3, 0.4) is 0 Å². The van der Waals surface area contributed by atoms with Gasteiger partial charge in [0.25, 0.3) is 0 Å². The molecule has 4 rings (SSSR count). The Kier molecular flexibility index (Phi) is 5.31. The average molecular weight is 423 g/mol. The number of carboxylic acid groups (broad SMARTS) is 1. The molecule has 1 heterocycles. The molecule has 1 atom stereocenters. The van der Waals surface area contributed by atoms with Crippen LogP contribution >= 0.6 is 0 Å². The predicted molar refractivity (Wildman–Crippen MR) is 114 cm³/mol. The minimum absolute atomic E-state index is 0.0181. The summed E-state index contributed by atoms with van der Waals surface area (Å²) in [6, 6.07) is 20.4. The average Bonchev–Trinajstić information content (AvgIpc) is 3.10. The molecule has 0 amide bonds. The van der Waals surface area contributed by atoms with E-state index in [9.17, 15) is 23.1 Å². The van der Waals surface area contributed by atoms with E-state index >= 15 is 0 Å². The molecule has 1 N–H and O–H groups in total. The molecule has 0 fully saturated rings. The summed E-state index contributed by atoms with van der Waals surface area (Å²) >= 11 is 0. The number of alkyl halides is 3. The van der Waals surface area contributed by atoms with E-state index in [1.807, 2.05) is 49.5 Å². The van der Waals surface area contributed by atoms with Gasteiger partial charge in [-0.15, -0.1) is 0 Å². The molecular weight excluding hydrogens is 403 g/mol. The fourth-order valence-corrected chi connectivity index (χ4v) is 3.92. The number of fused-ring (bicyclic) bond motifs is 1. The highest BCUT2D eigenvalue weighted by Gasteiger charge is 2.30. The van der Waals surface area contributed by atoms with Crippen molar-refractivity contribution < 1.29 is 23.1 Å². The van der Waals surface area contributed by atoms with Crippen LogP contribution in [-0.4, -0.2) is 15.6 Å². The number of hydrogen-bond acceptors (Lipinski definition) is 1. The van der Waals surface area contributed by atoms with Gasteiger partial charge in [-0.05, 0) is 46.5 Å². The summed E-state index contributed by atoms with van der Waals surface area (Å²) in [4.78, 5) is 11.4. The largest absolute Gasteiger partial charge is 0.480 e. The Labute approximate surface area is 177 Å². The quantitative estimate of drug-likeness (QED) is 0.395. The number of benzene rings is 3. The minimum atomic E-state index is -4.42. The number of nitrogens with zero attached hydrogens (tertiary/aromatic N) is 1. The molecule has 6 heteroatoms. The normalized spacial score (nSPS) is 12.8. The molecular formula is C25H20F3NO2. The van der Waals surface area contributed by atoms with E-state index < -0.39 is 17.7 Å². The molecule has 3 aromatic carbocycles. The molecule has 4 aromatic rings. The van der Waals surface area contributed by atoms with Crippen LogP contribution in [0.4, 0.5) is 13.2 Å². The van der Waals surface area contributed by atoms with Crippen LogP contribution in [0.1, 0.15) is 29.5 Å². The smallest absolute Gasteiger partial charge is 0.416 e. The zero-order valence-corrected chi connectivity index (χ0v) is 16.7. The molecule has 0 saturated carbocycles. The SMILES string of the molecule is CC(c1ccccc1)c1cn(CC(=O)O)c2ccc(-c3cccc(C(F)(F)F)c3)cc12. The van der Waals surface area contributed by atoms with Crippen LogP contribution in [0.25, 0.3) is 22.0 Å². The summed E-state index contributed by atoms with van der Waals surface area (Å²) in [5, 5.41) is 10.1. The van der Waals surface area contributed by atoms with E-state index in [2.05, 4.69) is 0 Å². The number of hydrogen-bond donors (Lipinski definition) is 1. The number of carboxylic acids is 1. The molecule has 0 aliphatic heterocycles. The first kappa shape index (κ1) is 20.7. The Morgan fingerprint density at radius 1 is 0.968 bits per heavy atom. The van der Waals surface area contributed by atoms with Crippen molar-refractivity contribution in [3.8, 4) is 11.1 Å². The summed E-state index contributed by atoms with van der Waals surface area (Å²) in [6.45, 7) is 1.84. The maximum Gasteiger partial charge on any atom is 0.416 e. The lowest BCUT2D eigenvalue weighted by molar-refractivity contribution is -0.138. The topological polar surface area (TPSA) is 42.2 Å². The Bertz CT molecular complexity index is 1240. The Morgan fingerprint density at radius 2 is 1.68 bits per heavy atom. The van der Waals surface area contributed by atoms with E-state index in [-0.39, 0.29) is 12.5 Å². The minimum Gasteiger partial charge on any atom is -0.480 e. The van der Waals surface area contributed by atoms with Crippen LogP contribution in [-0.2, 0) is 17.5 Å². The van der Waals surface area contributed by atoms with Crippen LogP contribution in [0.2, 0.25) is 0 Å². The Balaban J connectivity index is 1.87. The van der Waals surface area contributed by atoms with Crippen LogP contribution in [0.15, 0.2) is 79.0 Å². The highest BCUT2D eigenvalue weighted by atomic mass is 19.4. The van der Waals surface area contributed by atoms with Crippen LogP contribution in [0.5, 0.6) is 0 Å². The van der Waals surface area contributed by atoms with Gasteiger partial charge in [0.15, 0.2) is 0 Å². The zero-order valence-electron chi connectivity index (χ0n) is 16.7. The summed E-state index contributed by atoms with van der Waals surface area (Å²) in [5.74, 6) is -0.978. The lowest BCUT2D eigenvalue weighted by atomic mass is 9.92. The fourth-order valence-electron chi connectivity index (χ4n) is 3.92. The number of rotatable bonds is 5. The summed E-state index contributed by atoms with van der Waals surface area (Å²) in [5.41, 5.74) is 3.13. The zero-order chi connectivity index (χ0) is 22.2. The van der Waals surface area contributed by atoms with Crippen molar-refractivity contribution in [2.24, 2.45) is 0 Å². The lowest BCUT2D eigenvalue weighted by Crippen LogP contribution is -2.07. The number of aliphatic carboxylic acids is 1. The highest BCUT2D eigenvalue weighted by molar-refractivity contribution is 5.90. The van der Waals surface area contributed by atoms with E-state index in [0.717, 1.165) is 34.2 Å². The van der Waals surface area contributed by atoms with Crippen molar-refractivity contribution in [3.63, 3.8) is 0 Å². The molecule has 0 saturated heterocycles. The molecule has 158 valence electrons. The van der Waals surface area contributed by atoms with Gasteiger partial charge in [-0.2, -0.15) is 13.2 Å². The standard InChI is InChI=1S/C25H20F3NO2/c1-16(17-6-3-2-4-7-17)22-14-29(15-24(30)31)23-11-10-19(13-21(22)23)18-8-5-9-20(12-18)25(26,27)28/h2-14,16H,15H2,1H3,(H,30,31). The van der Waals surface area contributed by atoms with Crippen molar-refractivity contribution in [2.75, 3.05) is 0 Å². The molecule has 0 aliphatic carbocycles. The van der Waals surface area contributed by atoms with Crippen LogP contribution in [0, 0.1) is 0 Å². The summed E-state index contributed by atoms with van der Waals surface area (Å²) in [7, 11) is 0. The van der Waals surface area contributed by atoms with E-state index in [1.165, 1.54) is 6.07 Å². The van der Waals surface area contributed by atoms with Gasteiger partial charge in [0.2, 0.25) is 0 Å². The second kappa shape index (κ2) is 7.95. The molecule has 1 unspecified atom stereocenters. The van der Waals surface area contributed by atoms with E-state index in [0.29, 0.717) is 11.1 Å². The molecule has 1 aromatic heterocycles. The third-order valence-corrected chi connectivity index (χ3v) is 5.51. The van der Waals surface area contributed by atoms with Gasteiger partial charge >= 0.3 is 12.1 Å². The summed E-state index contributed by atoms with van der Waals surface area (Å²) < 4.78 is 41.1. The molecule has 0 bridgehead atoms. The summed E-state index contributed by atoms with van der Waals surface area (Å²) in [6.07, 6.45) is -2.59. The van der Waals surface area contributed by atoms with Crippen molar-refractivity contribution in [2.45, 2.75) is 25.6 Å². The van der Waals surface area contributed by atoms with E-state index in [1.54, 1.807) is 22.8 Å². The van der Waals surface area contributed by atoms with Gasteiger partial charge in [-0.1, -0.05) is 55.5 Å². The van der Waals surface area contributed by atoms with Crippen molar-refractivity contribution in [1.82, 2.24) is 4.57 Å². The Hall–Kier alpha value is -3.54. The first-order chi connectivity index (χ1) is 14.7. The maximum absolute atomic E-state index is 13.2. The highest BCUT2D eigenvalue weighted by Crippen LogP contribution is 2.36. The Morgan fingerprint density at radius 3 is 2.35 bits per heavy atom. The first-order valence-corrected chi connectivity index (χ1v) is 9.81. The first-order valence-electron chi connectivity index (χ1n) is 9.81. The number of aromatic nitrogens is 1. The predicted octanol–water partition coefficient (Wildman–Crippen LogP) is 6.56. The lowest BCUT2D eigenvalue weighted by Gasteiger charge is -2.12.